The van der Waals surface area contributed by atoms with Gasteiger partial charge in [-0.15, -0.1) is 11.8 Å². The van der Waals surface area contributed by atoms with Gasteiger partial charge in [-0.1, -0.05) is 13.8 Å². The Bertz CT molecular complexity index is 778. The summed E-state index contributed by atoms with van der Waals surface area (Å²) < 4.78 is 32.8. The first-order valence-corrected chi connectivity index (χ1v) is 9.57. The van der Waals surface area contributed by atoms with Gasteiger partial charge in [-0.05, 0) is 38.8 Å². The van der Waals surface area contributed by atoms with Gasteiger partial charge in [0.15, 0.2) is 6.73 Å². The Balaban J connectivity index is 2.21. The van der Waals surface area contributed by atoms with E-state index in [2.05, 4.69) is 5.32 Å². The van der Waals surface area contributed by atoms with Crippen LogP contribution in [0.4, 0.5) is 14.5 Å². The number of nitrogens with zero attached hydrogens (tertiary/aromatic N) is 1. The summed E-state index contributed by atoms with van der Waals surface area (Å²) in [6.45, 7) is 8.77. The maximum atomic E-state index is 13.8. The highest BCUT2D eigenvalue weighted by Gasteiger charge is 2.42. The minimum absolute atomic E-state index is 0.0948. The van der Waals surface area contributed by atoms with E-state index in [1.807, 2.05) is 13.8 Å². The maximum Gasteiger partial charge on any atom is 0.267 e. The molecule has 1 aromatic rings. The molecule has 5 nitrogen and oxygen atoms in total. The maximum absolute atomic E-state index is 13.8. The molecule has 0 aliphatic carbocycles. The summed E-state index contributed by atoms with van der Waals surface area (Å²) in [6.07, 6.45) is 0. The standard InChI is InChI=1S/C19H24F2N2O3S/c1-11(2)9-27-16-12(3)26-10-23(17(16)24)19(4,5)18(25)22-15-8-13(20)6-7-14(15)21/h6-8,11H,9-10H2,1-5H3,(H,22,25). The average molecular weight is 398 g/mol. The molecule has 1 aliphatic heterocycles. The van der Waals surface area contributed by atoms with Crippen molar-refractivity contribution in [1.29, 1.82) is 0 Å². The molecule has 1 aliphatic rings. The van der Waals surface area contributed by atoms with Gasteiger partial charge in [0.25, 0.3) is 5.91 Å². The number of amides is 2. The van der Waals surface area contributed by atoms with Crippen molar-refractivity contribution in [3.8, 4) is 0 Å². The number of benzene rings is 1. The fourth-order valence-electron chi connectivity index (χ4n) is 2.38. The normalized spacial score (nSPS) is 15.3. The Hall–Kier alpha value is -2.09. The van der Waals surface area contributed by atoms with Crippen LogP contribution in [0.25, 0.3) is 0 Å². The van der Waals surface area contributed by atoms with Crippen molar-refractivity contribution in [2.75, 3.05) is 17.8 Å². The van der Waals surface area contributed by atoms with Crippen molar-refractivity contribution in [3.05, 3.63) is 40.5 Å². The van der Waals surface area contributed by atoms with Crippen molar-refractivity contribution in [3.63, 3.8) is 0 Å². The molecule has 0 aromatic heterocycles. The number of nitrogens with one attached hydrogen (secondary N) is 1. The topological polar surface area (TPSA) is 58.6 Å². The molecular weight excluding hydrogens is 374 g/mol. The quantitative estimate of drug-likeness (QED) is 0.783. The molecule has 148 valence electrons. The zero-order valence-electron chi connectivity index (χ0n) is 16.1. The minimum Gasteiger partial charge on any atom is -0.476 e. The number of allylic oxidation sites excluding steroid dienone is 1. The Morgan fingerprint density at radius 3 is 2.67 bits per heavy atom. The van der Waals surface area contributed by atoms with Gasteiger partial charge in [0.1, 0.15) is 27.8 Å². The molecule has 0 saturated carbocycles. The second kappa shape index (κ2) is 8.29. The number of hydrogen-bond donors (Lipinski definition) is 1. The number of carbonyl (C=O) groups is 2. The molecule has 2 rings (SSSR count). The molecule has 0 spiro atoms. The molecule has 0 bridgehead atoms. The molecule has 27 heavy (non-hydrogen) atoms. The van der Waals surface area contributed by atoms with Gasteiger partial charge < -0.3 is 10.1 Å². The lowest BCUT2D eigenvalue weighted by Gasteiger charge is -2.40. The number of ether oxygens (including phenoxy) is 1. The lowest BCUT2D eigenvalue weighted by molar-refractivity contribution is -0.148. The van der Waals surface area contributed by atoms with Gasteiger partial charge in [0.05, 0.1) is 5.69 Å². The third kappa shape index (κ3) is 4.80. The molecule has 1 heterocycles. The fourth-order valence-corrected chi connectivity index (χ4v) is 3.37. The third-order valence-corrected chi connectivity index (χ3v) is 5.72. The van der Waals surface area contributed by atoms with Gasteiger partial charge in [-0.2, -0.15) is 0 Å². The molecule has 0 atom stereocenters. The largest absolute Gasteiger partial charge is 0.476 e. The highest BCUT2D eigenvalue weighted by Crippen LogP contribution is 2.32. The number of rotatable bonds is 6. The van der Waals surface area contributed by atoms with Gasteiger partial charge in [0, 0.05) is 11.8 Å². The van der Waals surface area contributed by atoms with Crippen LogP contribution in [0.15, 0.2) is 28.9 Å². The Morgan fingerprint density at radius 1 is 1.37 bits per heavy atom. The highest BCUT2D eigenvalue weighted by molar-refractivity contribution is 8.04. The Kier molecular flexibility index (Phi) is 6.51. The van der Waals surface area contributed by atoms with Crippen LogP contribution in [0.2, 0.25) is 0 Å². The molecule has 2 amide bonds. The summed E-state index contributed by atoms with van der Waals surface area (Å²) in [5.74, 6) is -0.754. The third-order valence-electron chi connectivity index (χ3n) is 4.14. The zero-order chi connectivity index (χ0) is 20.4. The number of carbonyl (C=O) groups excluding carboxylic acids is 2. The van der Waals surface area contributed by atoms with Crippen LogP contribution in [0.1, 0.15) is 34.6 Å². The second-order valence-electron chi connectivity index (χ2n) is 7.23. The SMILES string of the molecule is CC1=C(SCC(C)C)C(=O)N(C(C)(C)C(=O)Nc2cc(F)ccc2F)CO1. The van der Waals surface area contributed by atoms with E-state index in [4.69, 9.17) is 4.74 Å². The van der Waals surface area contributed by atoms with E-state index < -0.39 is 23.1 Å². The molecule has 8 heteroatoms. The predicted molar refractivity (Wildman–Crippen MR) is 102 cm³/mol. The summed E-state index contributed by atoms with van der Waals surface area (Å²) in [5.41, 5.74) is -1.61. The minimum atomic E-state index is -1.33. The van der Waals surface area contributed by atoms with E-state index in [0.717, 1.165) is 24.0 Å². The summed E-state index contributed by atoms with van der Waals surface area (Å²) in [5, 5.41) is 2.36. The van der Waals surface area contributed by atoms with E-state index in [0.29, 0.717) is 16.6 Å². The van der Waals surface area contributed by atoms with E-state index in [1.165, 1.54) is 30.5 Å². The molecule has 0 fully saturated rings. The number of thioether (sulfide) groups is 1. The monoisotopic (exact) mass is 398 g/mol. The number of hydrogen-bond acceptors (Lipinski definition) is 4. The Labute approximate surface area is 162 Å². The molecule has 0 unspecified atom stereocenters. The van der Waals surface area contributed by atoms with Crippen LogP contribution >= 0.6 is 11.8 Å². The molecule has 1 aromatic carbocycles. The van der Waals surface area contributed by atoms with Crippen molar-refractivity contribution in [2.45, 2.75) is 40.2 Å². The molecule has 1 N–H and O–H groups in total. The number of anilines is 1. The van der Waals surface area contributed by atoms with Crippen LogP contribution in [0.5, 0.6) is 0 Å². The van der Waals surface area contributed by atoms with E-state index in [1.54, 1.807) is 6.92 Å². The number of halogens is 2. The van der Waals surface area contributed by atoms with E-state index in [9.17, 15) is 18.4 Å². The van der Waals surface area contributed by atoms with E-state index in [-0.39, 0.29) is 18.3 Å². The van der Waals surface area contributed by atoms with Crippen LogP contribution < -0.4 is 5.32 Å². The first kappa shape index (κ1) is 21.2. The summed E-state index contributed by atoms with van der Waals surface area (Å²) >= 11 is 1.38. The van der Waals surface area contributed by atoms with Crippen molar-refractivity contribution < 1.29 is 23.1 Å². The molecule has 0 saturated heterocycles. The van der Waals surface area contributed by atoms with Gasteiger partial charge in [0.2, 0.25) is 5.91 Å². The summed E-state index contributed by atoms with van der Waals surface area (Å²) in [6, 6.07) is 2.79. The summed E-state index contributed by atoms with van der Waals surface area (Å²) in [7, 11) is 0. The van der Waals surface area contributed by atoms with Gasteiger partial charge in [-0.25, -0.2) is 8.78 Å². The highest BCUT2D eigenvalue weighted by atomic mass is 32.2. The van der Waals surface area contributed by atoms with Crippen LogP contribution in [-0.4, -0.2) is 34.7 Å². The van der Waals surface area contributed by atoms with Crippen molar-refractivity contribution in [2.24, 2.45) is 5.92 Å². The van der Waals surface area contributed by atoms with E-state index >= 15 is 0 Å². The lowest BCUT2D eigenvalue weighted by Crippen LogP contribution is -2.57. The van der Waals surface area contributed by atoms with Crippen molar-refractivity contribution in [1.82, 2.24) is 4.90 Å². The first-order chi connectivity index (χ1) is 12.5. The second-order valence-corrected chi connectivity index (χ2v) is 8.26. The first-order valence-electron chi connectivity index (χ1n) is 8.59. The lowest BCUT2D eigenvalue weighted by atomic mass is 10.0. The Morgan fingerprint density at radius 2 is 2.04 bits per heavy atom. The molecular formula is C19H24F2N2O3S. The van der Waals surface area contributed by atoms with Crippen LogP contribution in [-0.2, 0) is 14.3 Å². The van der Waals surface area contributed by atoms with Gasteiger partial charge >= 0.3 is 0 Å². The van der Waals surface area contributed by atoms with Gasteiger partial charge in [-0.3, -0.25) is 14.5 Å². The van der Waals surface area contributed by atoms with Crippen LogP contribution in [0.3, 0.4) is 0 Å². The predicted octanol–water partition coefficient (Wildman–Crippen LogP) is 4.12. The average Bonchev–Trinajstić information content (AvgIpc) is 2.57. The van der Waals surface area contributed by atoms with Crippen molar-refractivity contribution >= 4 is 29.3 Å². The van der Waals surface area contributed by atoms with Crippen LogP contribution in [0, 0.1) is 17.6 Å². The fraction of sp³-hybridized carbons (Fsp3) is 0.474. The molecule has 0 radical (unpaired) electrons. The zero-order valence-corrected chi connectivity index (χ0v) is 16.9. The smallest absolute Gasteiger partial charge is 0.267 e. The summed E-state index contributed by atoms with van der Waals surface area (Å²) in [4.78, 5) is 27.4.